The Kier molecular flexibility index (Phi) is 9.19. The molecule has 1 aromatic heterocycles. The van der Waals surface area contributed by atoms with Crippen LogP contribution < -0.4 is 15.5 Å². The number of amides is 1. The molecule has 1 aliphatic rings. The number of aryl methyl sites for hydroxylation is 1. The van der Waals surface area contributed by atoms with Crippen molar-refractivity contribution in [2.24, 2.45) is 5.92 Å². The third-order valence-corrected chi connectivity index (χ3v) is 8.17. The summed E-state index contributed by atoms with van der Waals surface area (Å²) in [6.45, 7) is 1.96. The van der Waals surface area contributed by atoms with Gasteiger partial charge in [0.1, 0.15) is 4.90 Å². The van der Waals surface area contributed by atoms with Crippen molar-refractivity contribution >= 4 is 61.5 Å². The number of anilines is 2. The molecule has 1 heterocycles. The van der Waals surface area contributed by atoms with E-state index in [1.54, 1.807) is 24.3 Å². The van der Waals surface area contributed by atoms with Gasteiger partial charge in [-0.05, 0) is 89.7 Å². The smallest absolute Gasteiger partial charge is 0.277 e. The molecule has 38 heavy (non-hydrogen) atoms. The second-order valence-electron chi connectivity index (χ2n) is 8.69. The van der Waals surface area contributed by atoms with Crippen molar-refractivity contribution in [3.05, 3.63) is 79.6 Å². The Morgan fingerprint density at radius 3 is 2.63 bits per heavy atom. The first-order chi connectivity index (χ1) is 18.1. The van der Waals surface area contributed by atoms with Crippen molar-refractivity contribution in [2.45, 2.75) is 37.6 Å². The summed E-state index contributed by atoms with van der Waals surface area (Å²) in [5, 5.41) is 2.82. The lowest BCUT2D eigenvalue weighted by Gasteiger charge is -2.17. The van der Waals surface area contributed by atoms with Crippen LogP contribution in [0.5, 0.6) is 0 Å². The lowest BCUT2D eigenvalue weighted by atomic mass is 10.1. The minimum Gasteiger partial charge on any atom is -0.351 e. The number of pyridine rings is 1. The Morgan fingerprint density at radius 2 is 1.95 bits per heavy atom. The van der Waals surface area contributed by atoms with Gasteiger partial charge in [-0.15, -0.1) is 0 Å². The van der Waals surface area contributed by atoms with Gasteiger partial charge in [-0.25, -0.2) is 27.4 Å². The van der Waals surface area contributed by atoms with Crippen molar-refractivity contribution in [1.29, 1.82) is 0 Å². The van der Waals surface area contributed by atoms with E-state index >= 15 is 8.78 Å². The summed E-state index contributed by atoms with van der Waals surface area (Å²) in [5.41, 5.74) is 2.65. The lowest BCUT2D eigenvalue weighted by Crippen LogP contribution is -2.28. The van der Waals surface area contributed by atoms with E-state index in [1.165, 1.54) is 12.3 Å². The summed E-state index contributed by atoms with van der Waals surface area (Å²) in [6, 6.07) is 8.86. The number of carbonyl (C=O) groups is 1. The summed E-state index contributed by atoms with van der Waals surface area (Å²) in [5.74, 6) is -3.86. The number of benzene rings is 2. The number of hydrogen-bond donors (Lipinski definition) is 3. The van der Waals surface area contributed by atoms with Crippen LogP contribution >= 0.6 is 34.2 Å². The van der Waals surface area contributed by atoms with E-state index in [-0.39, 0.29) is 23.9 Å². The van der Waals surface area contributed by atoms with E-state index < -0.39 is 43.7 Å². The van der Waals surface area contributed by atoms with Gasteiger partial charge in [0, 0.05) is 22.0 Å². The number of hydrogen-bond acceptors (Lipinski definition) is 6. The zero-order chi connectivity index (χ0) is 27.4. The van der Waals surface area contributed by atoms with Gasteiger partial charge in [0.25, 0.3) is 5.91 Å². The molecule has 202 valence electrons. The molecule has 3 N–H and O–H groups in total. The van der Waals surface area contributed by atoms with Gasteiger partial charge in [0.15, 0.2) is 11.6 Å². The third-order valence-electron chi connectivity index (χ3n) is 5.79. The largest absolute Gasteiger partial charge is 0.351 e. The Morgan fingerprint density at radius 1 is 1.18 bits per heavy atom. The maximum absolute atomic E-state index is 15.4. The molecule has 0 saturated heterocycles. The molecule has 4 rings (SSSR count). The number of halogens is 4. The van der Waals surface area contributed by atoms with Gasteiger partial charge in [-0.3, -0.25) is 14.6 Å². The monoisotopic (exact) mass is 676 g/mol. The number of sulfonamides is 1. The first kappa shape index (κ1) is 28.6. The molecule has 0 atom stereocenters. The Balaban J connectivity index is 1.69. The maximum atomic E-state index is 15.4. The van der Waals surface area contributed by atoms with Gasteiger partial charge >= 0.3 is 0 Å². The topological polar surface area (TPSA) is 109 Å². The van der Waals surface area contributed by atoms with Gasteiger partial charge < -0.3 is 5.32 Å². The Hall–Kier alpha value is -2.39. The highest BCUT2D eigenvalue weighted by molar-refractivity contribution is 14.1. The lowest BCUT2D eigenvalue weighted by molar-refractivity contribution is 0.0270. The highest BCUT2D eigenvalue weighted by Gasteiger charge is 2.30. The van der Waals surface area contributed by atoms with Crippen LogP contribution in [0.15, 0.2) is 47.5 Å². The van der Waals surface area contributed by atoms with Crippen molar-refractivity contribution in [3.8, 4) is 0 Å². The molecule has 1 amide bonds. The van der Waals surface area contributed by atoms with E-state index in [1.807, 2.05) is 29.5 Å². The molecular formula is C25H24ClF2IN4O4S. The average molecular weight is 677 g/mol. The number of carbonyl (C=O) groups excluding carboxylic acids is 1. The highest BCUT2D eigenvalue weighted by atomic mass is 127. The molecular weight excluding hydrogens is 653 g/mol. The first-order valence-corrected chi connectivity index (χ1v) is 14.6. The molecule has 0 bridgehead atoms. The molecule has 13 heteroatoms. The molecule has 0 aliphatic heterocycles. The van der Waals surface area contributed by atoms with Crippen LogP contribution in [0, 0.1) is 21.1 Å². The minimum absolute atomic E-state index is 0.190. The molecule has 1 fully saturated rings. The first-order valence-electron chi connectivity index (χ1n) is 11.7. The standard InChI is InChI=1S/C25H24ClF2IN4O4S/c1-2-17-9-15(7-8-30-17)12-31-38(35,36)21-11-18(25(34)33-37-13-14-3-4-14)24(23(28)22(21)27)32-20-6-5-16(29)10-19(20)26/h5-11,14,31-32H,2-4,12-13H2,1H3,(H,33,34). The van der Waals surface area contributed by atoms with Crippen LogP contribution in [0.25, 0.3) is 0 Å². The van der Waals surface area contributed by atoms with Crippen molar-refractivity contribution in [1.82, 2.24) is 15.2 Å². The summed E-state index contributed by atoms with van der Waals surface area (Å²) in [4.78, 5) is 21.3. The minimum atomic E-state index is -4.58. The molecule has 0 unspecified atom stereocenters. The summed E-state index contributed by atoms with van der Waals surface area (Å²) in [6.07, 6.45) is 4.10. The summed E-state index contributed by atoms with van der Waals surface area (Å²) in [7, 11) is -4.58. The van der Waals surface area contributed by atoms with Gasteiger partial charge in [0.05, 0.1) is 28.6 Å². The van der Waals surface area contributed by atoms with Gasteiger partial charge in [0.2, 0.25) is 10.0 Å². The van der Waals surface area contributed by atoms with Gasteiger partial charge in [-0.2, -0.15) is 0 Å². The van der Waals surface area contributed by atoms with Crippen LogP contribution in [0.2, 0.25) is 5.02 Å². The van der Waals surface area contributed by atoms with Crippen LogP contribution in [0.1, 0.15) is 41.4 Å². The molecule has 3 aromatic rings. The fraction of sp³-hybridized carbons (Fsp3) is 0.280. The number of aromatic nitrogens is 1. The van der Waals surface area contributed by atoms with Crippen molar-refractivity contribution < 1.29 is 26.8 Å². The Labute approximate surface area is 237 Å². The number of rotatable bonds is 11. The Bertz CT molecular complexity index is 1470. The maximum Gasteiger partial charge on any atom is 0.277 e. The second kappa shape index (κ2) is 12.2. The van der Waals surface area contributed by atoms with Crippen molar-refractivity contribution in [3.63, 3.8) is 0 Å². The molecule has 1 aliphatic carbocycles. The van der Waals surface area contributed by atoms with E-state index in [4.69, 9.17) is 16.4 Å². The highest BCUT2D eigenvalue weighted by Crippen LogP contribution is 2.34. The van der Waals surface area contributed by atoms with E-state index in [0.29, 0.717) is 17.9 Å². The van der Waals surface area contributed by atoms with Gasteiger partial charge in [-0.1, -0.05) is 18.5 Å². The van der Waals surface area contributed by atoms with E-state index in [2.05, 4.69) is 20.5 Å². The van der Waals surface area contributed by atoms with E-state index in [0.717, 1.165) is 28.2 Å². The number of nitrogens with one attached hydrogen (secondary N) is 3. The van der Waals surface area contributed by atoms with Crippen LogP contribution in [-0.4, -0.2) is 25.9 Å². The van der Waals surface area contributed by atoms with Crippen molar-refractivity contribution in [2.75, 3.05) is 11.9 Å². The number of hydroxylamine groups is 1. The summed E-state index contributed by atoms with van der Waals surface area (Å²) < 4.78 is 59.8. The predicted octanol–water partition coefficient (Wildman–Crippen LogP) is 5.47. The predicted molar refractivity (Wildman–Crippen MR) is 148 cm³/mol. The molecule has 0 radical (unpaired) electrons. The van der Waals surface area contributed by atoms with Crippen LogP contribution in [-0.2, 0) is 27.8 Å². The normalized spacial score (nSPS) is 13.4. The second-order valence-corrected chi connectivity index (χ2v) is 12.1. The molecule has 0 spiro atoms. The molecule has 2 aromatic carbocycles. The van der Waals surface area contributed by atoms with E-state index in [9.17, 15) is 13.2 Å². The zero-order valence-electron chi connectivity index (χ0n) is 20.2. The summed E-state index contributed by atoms with van der Waals surface area (Å²) >= 11 is 8.27. The quantitative estimate of drug-likeness (QED) is 0.184. The van der Waals surface area contributed by atoms with Crippen LogP contribution in [0.3, 0.4) is 0 Å². The fourth-order valence-electron chi connectivity index (χ4n) is 3.48. The van der Waals surface area contributed by atoms with Crippen LogP contribution in [0.4, 0.5) is 20.2 Å². The number of nitrogens with zero attached hydrogens (tertiary/aromatic N) is 1. The zero-order valence-corrected chi connectivity index (χ0v) is 23.9. The molecule has 8 nitrogen and oxygen atoms in total. The fourth-order valence-corrected chi connectivity index (χ4v) is 5.49. The third kappa shape index (κ3) is 6.97. The average Bonchev–Trinajstić information content (AvgIpc) is 3.71. The SMILES string of the molecule is CCc1cc(CNS(=O)(=O)c2cc(C(=O)NOCC3CC3)c(Nc3ccc(I)cc3Cl)c(F)c2F)ccn1. The molecule has 1 saturated carbocycles.